The second-order valence-corrected chi connectivity index (χ2v) is 13.2. The molecule has 13 heteroatoms. The number of benzene rings is 1. The Bertz CT molecular complexity index is 992. The lowest BCUT2D eigenvalue weighted by molar-refractivity contribution is -0.140. The number of carbonyl (C=O) groups is 4. The van der Waals surface area contributed by atoms with Crippen LogP contribution in [0.5, 0.6) is 0 Å². The molecule has 218 valence electrons. The second-order valence-electron chi connectivity index (χ2n) is 9.71. The van der Waals surface area contributed by atoms with E-state index in [1.807, 2.05) is 0 Å². The molecule has 0 spiro atoms. The Labute approximate surface area is 233 Å². The Morgan fingerprint density at radius 1 is 1.10 bits per heavy atom. The average molecular weight is 592 g/mol. The summed E-state index contributed by atoms with van der Waals surface area (Å²) in [6.45, 7) is 5.22. The Morgan fingerprint density at radius 3 is 2.31 bits per heavy atom. The van der Waals surface area contributed by atoms with Gasteiger partial charge in [-0.2, -0.15) is 13.2 Å². The maximum absolute atomic E-state index is 13.1. The highest BCUT2D eigenvalue weighted by atomic mass is 33.1. The van der Waals surface area contributed by atoms with Crippen molar-refractivity contribution >= 4 is 44.5 Å². The highest BCUT2D eigenvalue weighted by Crippen LogP contribution is 2.33. The lowest BCUT2D eigenvalue weighted by Crippen LogP contribution is -2.56. The summed E-state index contributed by atoms with van der Waals surface area (Å²) in [7, 11) is 0.578. The van der Waals surface area contributed by atoms with E-state index in [2.05, 4.69) is 16.0 Å². The molecule has 4 atom stereocenters. The van der Waals surface area contributed by atoms with Crippen LogP contribution in [-0.2, 0) is 42.0 Å². The van der Waals surface area contributed by atoms with Gasteiger partial charge in [-0.3, -0.25) is 19.2 Å². The summed E-state index contributed by atoms with van der Waals surface area (Å²) in [6.07, 6.45) is -1.58. The molecule has 1 aromatic carbocycles. The van der Waals surface area contributed by atoms with E-state index >= 15 is 0 Å². The molecule has 0 radical (unpaired) electrons. The van der Waals surface area contributed by atoms with Gasteiger partial charge in [-0.05, 0) is 49.8 Å². The molecule has 0 aliphatic carbocycles. The van der Waals surface area contributed by atoms with E-state index in [4.69, 9.17) is 0 Å². The number of amides is 3. The minimum absolute atomic E-state index is 0.149. The number of Topliss-reactive ketones (excluding diaryl/α,β-unsaturated/α-hetero) is 1. The molecule has 1 aliphatic rings. The molecule has 1 saturated heterocycles. The largest absolute Gasteiger partial charge is 0.605 e. The van der Waals surface area contributed by atoms with Crippen LogP contribution in [0, 0.1) is 5.92 Å². The van der Waals surface area contributed by atoms with Crippen molar-refractivity contribution in [3.05, 3.63) is 35.4 Å². The van der Waals surface area contributed by atoms with E-state index in [1.165, 1.54) is 22.9 Å². The third-order valence-corrected chi connectivity index (χ3v) is 9.94. The van der Waals surface area contributed by atoms with Crippen molar-refractivity contribution in [3.63, 3.8) is 0 Å². The van der Waals surface area contributed by atoms with Gasteiger partial charge < -0.3 is 20.5 Å². The predicted molar refractivity (Wildman–Crippen MR) is 145 cm³/mol. The molecule has 2 rings (SSSR count). The third kappa shape index (κ3) is 10.7. The van der Waals surface area contributed by atoms with Crippen molar-refractivity contribution in [1.29, 1.82) is 0 Å². The van der Waals surface area contributed by atoms with Crippen LogP contribution in [-0.4, -0.2) is 57.7 Å². The first-order valence-corrected chi connectivity index (χ1v) is 15.7. The number of hydrogen-bond donors (Lipinski definition) is 3. The summed E-state index contributed by atoms with van der Waals surface area (Å²) < 4.78 is 50.6. The first-order valence-electron chi connectivity index (χ1n) is 12.9. The van der Waals surface area contributed by atoms with Crippen LogP contribution in [0.15, 0.2) is 24.3 Å². The second kappa shape index (κ2) is 15.5. The molecular weight excluding hydrogens is 555 g/mol. The molecule has 1 aliphatic heterocycles. The van der Waals surface area contributed by atoms with Gasteiger partial charge in [0, 0.05) is 41.8 Å². The van der Waals surface area contributed by atoms with Crippen molar-refractivity contribution in [1.82, 2.24) is 16.0 Å². The van der Waals surface area contributed by atoms with E-state index < -0.39 is 51.6 Å². The van der Waals surface area contributed by atoms with Crippen LogP contribution in [0.2, 0.25) is 0 Å². The summed E-state index contributed by atoms with van der Waals surface area (Å²) in [4.78, 5) is 50.7. The standard InChI is InChI=1S/C26H36F3N3O5S2/c1-4-30-25(36)23(34)20(15-17-9-11-18(12-10-17)26(27,28)29)31-24(35)22(16(2)3)32-21(33)8-6-5-7-19-13-14-38-39(19)37/h9-12,16,19-20,22H,4-8,13-15H2,1-3H3,(H,30,36)(H,31,35)(H,32,33)/t19?,20-,22-,39?/m0/s1. The Balaban J connectivity index is 2.03. The van der Waals surface area contributed by atoms with Crippen molar-refractivity contribution in [2.24, 2.45) is 5.92 Å². The lowest BCUT2D eigenvalue weighted by Gasteiger charge is -2.25. The SMILES string of the molecule is CCNC(=O)C(=O)[C@H](Cc1ccc(C(F)(F)F)cc1)NC(=O)[C@@H](NC(=O)CCCCC1CCS[S+]1[O-])C(C)C. The van der Waals surface area contributed by atoms with Crippen molar-refractivity contribution < 1.29 is 36.9 Å². The van der Waals surface area contributed by atoms with Crippen molar-refractivity contribution in [3.8, 4) is 0 Å². The normalized spacial score (nSPS) is 18.9. The first-order chi connectivity index (χ1) is 18.3. The third-order valence-electron chi connectivity index (χ3n) is 6.27. The number of nitrogens with one attached hydrogen (secondary N) is 3. The van der Waals surface area contributed by atoms with E-state index in [-0.39, 0.29) is 36.5 Å². The van der Waals surface area contributed by atoms with Gasteiger partial charge in [0.1, 0.15) is 17.3 Å². The number of carbonyl (C=O) groups excluding carboxylic acids is 4. The monoisotopic (exact) mass is 591 g/mol. The van der Waals surface area contributed by atoms with Gasteiger partial charge >= 0.3 is 6.18 Å². The van der Waals surface area contributed by atoms with Gasteiger partial charge in [-0.25, -0.2) is 0 Å². The summed E-state index contributed by atoms with van der Waals surface area (Å²) in [5, 5.41) is 7.73. The topological polar surface area (TPSA) is 127 Å². The van der Waals surface area contributed by atoms with E-state index in [0.717, 1.165) is 37.1 Å². The van der Waals surface area contributed by atoms with E-state index in [0.29, 0.717) is 12.0 Å². The van der Waals surface area contributed by atoms with Gasteiger partial charge in [0.05, 0.1) is 16.4 Å². The molecule has 8 nitrogen and oxygen atoms in total. The lowest BCUT2D eigenvalue weighted by atomic mass is 9.98. The summed E-state index contributed by atoms with van der Waals surface area (Å²) in [5.41, 5.74) is -0.544. The number of ketones is 1. The number of likely N-dealkylation sites (N-methyl/N-ethyl adjacent to an activating group) is 1. The Kier molecular flexibility index (Phi) is 13.1. The molecule has 1 heterocycles. The van der Waals surface area contributed by atoms with Crippen LogP contribution in [0.25, 0.3) is 0 Å². The highest BCUT2D eigenvalue weighted by molar-refractivity contribution is 8.72. The Hall–Kier alpha value is -2.25. The van der Waals surface area contributed by atoms with Gasteiger partial charge in [0.2, 0.25) is 17.6 Å². The van der Waals surface area contributed by atoms with Crippen LogP contribution < -0.4 is 16.0 Å². The molecular formula is C26H36F3N3O5S2. The minimum atomic E-state index is -4.53. The molecule has 0 saturated carbocycles. The molecule has 39 heavy (non-hydrogen) atoms. The first kappa shape index (κ1) is 33.0. The molecule has 0 bridgehead atoms. The summed E-state index contributed by atoms with van der Waals surface area (Å²) in [5.74, 6) is -2.36. The van der Waals surface area contributed by atoms with Crippen LogP contribution in [0.1, 0.15) is 64.0 Å². The van der Waals surface area contributed by atoms with E-state index in [1.54, 1.807) is 20.8 Å². The zero-order chi connectivity index (χ0) is 29.2. The summed E-state index contributed by atoms with van der Waals surface area (Å²) >= 11 is 0. The molecule has 1 fully saturated rings. The van der Waals surface area contributed by atoms with Crippen LogP contribution in [0.3, 0.4) is 0 Å². The van der Waals surface area contributed by atoms with Gasteiger partial charge in [0.15, 0.2) is 0 Å². The fraction of sp³-hybridized carbons (Fsp3) is 0.615. The quantitative estimate of drug-likeness (QED) is 0.132. The highest BCUT2D eigenvalue weighted by Gasteiger charge is 2.33. The van der Waals surface area contributed by atoms with Gasteiger partial charge in [0.25, 0.3) is 5.91 Å². The van der Waals surface area contributed by atoms with Gasteiger partial charge in [-0.1, -0.05) is 26.0 Å². The average Bonchev–Trinajstić information content (AvgIpc) is 3.28. The maximum Gasteiger partial charge on any atom is 0.416 e. The summed E-state index contributed by atoms with van der Waals surface area (Å²) in [6, 6.07) is 1.77. The zero-order valence-corrected chi connectivity index (χ0v) is 23.9. The molecule has 0 aromatic heterocycles. The van der Waals surface area contributed by atoms with Crippen LogP contribution in [0.4, 0.5) is 13.2 Å². The van der Waals surface area contributed by atoms with Crippen molar-refractivity contribution in [2.45, 2.75) is 82.8 Å². The maximum atomic E-state index is 13.1. The molecule has 3 amide bonds. The minimum Gasteiger partial charge on any atom is -0.605 e. The van der Waals surface area contributed by atoms with Crippen molar-refractivity contribution in [2.75, 3.05) is 12.3 Å². The number of hydrogen-bond acceptors (Lipinski definition) is 6. The number of rotatable bonds is 14. The fourth-order valence-electron chi connectivity index (χ4n) is 4.08. The van der Waals surface area contributed by atoms with Gasteiger partial charge in [-0.15, -0.1) is 0 Å². The van der Waals surface area contributed by atoms with E-state index in [9.17, 15) is 36.9 Å². The number of unbranched alkanes of at least 4 members (excludes halogenated alkanes) is 1. The predicted octanol–water partition coefficient (Wildman–Crippen LogP) is 3.31. The Morgan fingerprint density at radius 2 is 1.77 bits per heavy atom. The smallest absolute Gasteiger partial charge is 0.416 e. The fourth-order valence-corrected chi connectivity index (χ4v) is 7.57. The molecule has 2 unspecified atom stereocenters. The molecule has 1 aromatic rings. The molecule has 3 N–H and O–H groups in total. The number of halogens is 3. The number of alkyl halides is 3. The zero-order valence-electron chi connectivity index (χ0n) is 22.3. The van der Waals surface area contributed by atoms with Crippen LogP contribution >= 0.6 is 10.8 Å².